The molecule has 0 radical (unpaired) electrons. The normalized spacial score (nSPS) is 11.8. The summed E-state index contributed by atoms with van der Waals surface area (Å²) in [5, 5.41) is 4.84. The number of benzene rings is 7. The fraction of sp³-hybridized carbons (Fsp3) is 0. The molecule has 0 N–H and O–H groups in total. The number of thiophene rings is 1. The summed E-state index contributed by atoms with van der Waals surface area (Å²) in [6, 6.07) is 58.8. The predicted octanol–water partition coefficient (Wildman–Crippen LogP) is 12.9. The van der Waals surface area contributed by atoms with Gasteiger partial charge in [-0.15, -0.1) is 11.3 Å². The number of hydrogen-bond acceptors (Lipinski definition) is 2. The van der Waals surface area contributed by atoms with Gasteiger partial charge in [-0.25, -0.2) is 0 Å². The number of para-hydroxylation sites is 2. The van der Waals surface area contributed by atoms with Crippen LogP contribution in [0.25, 0.3) is 92.2 Å². The molecule has 0 saturated carbocycles. The monoisotopic (exact) mass is 617 g/mol. The summed E-state index contributed by atoms with van der Waals surface area (Å²) in [6.45, 7) is 0. The van der Waals surface area contributed by atoms with Gasteiger partial charge >= 0.3 is 0 Å². The van der Waals surface area contributed by atoms with Crippen molar-refractivity contribution in [1.82, 2.24) is 4.57 Å². The lowest BCUT2D eigenvalue weighted by molar-refractivity contribution is 0.673. The van der Waals surface area contributed by atoms with Crippen molar-refractivity contribution in [2.75, 3.05) is 0 Å². The Hall–Kier alpha value is -5.90. The van der Waals surface area contributed by atoms with E-state index in [1.54, 1.807) is 0 Å². The van der Waals surface area contributed by atoms with Crippen LogP contribution < -0.4 is 0 Å². The lowest BCUT2D eigenvalue weighted by atomic mass is 9.93. The van der Waals surface area contributed by atoms with Gasteiger partial charge < -0.3 is 8.98 Å². The second kappa shape index (κ2) is 10.3. The maximum Gasteiger partial charge on any atom is 0.161 e. The molecule has 47 heavy (non-hydrogen) atoms. The second-order valence-electron chi connectivity index (χ2n) is 12.1. The highest BCUT2D eigenvalue weighted by atomic mass is 32.1. The molecule has 0 aliphatic heterocycles. The highest BCUT2D eigenvalue weighted by molar-refractivity contribution is 7.26. The molecule has 220 valence electrons. The molecule has 0 fully saturated rings. The highest BCUT2D eigenvalue weighted by Crippen LogP contribution is 2.45. The Kier molecular flexibility index (Phi) is 5.78. The Morgan fingerprint density at radius 3 is 2.00 bits per heavy atom. The molecule has 3 heterocycles. The van der Waals surface area contributed by atoms with Crippen molar-refractivity contribution in [3.8, 4) is 39.1 Å². The van der Waals surface area contributed by atoms with Crippen LogP contribution in [0, 0.1) is 0 Å². The van der Waals surface area contributed by atoms with Crippen LogP contribution in [0.3, 0.4) is 0 Å². The summed E-state index contributed by atoms with van der Waals surface area (Å²) >= 11 is 1.88. The largest absolute Gasteiger partial charge is 0.454 e. The predicted molar refractivity (Wildman–Crippen MR) is 200 cm³/mol. The van der Waals surface area contributed by atoms with E-state index in [0.717, 1.165) is 38.7 Å². The van der Waals surface area contributed by atoms with Crippen molar-refractivity contribution >= 4 is 64.5 Å². The standard InChI is InChI=1S/C44H27NOS/c1-3-12-28(13-4-1)29-23-25-41-37(26-29)35-20-11-19-34(44(35)47-41)33-17-8-7-16-32(33)30-22-24-40-38(27-30)42-43(46-40)36-18-9-10-21-39(36)45(42)31-14-5-2-6-15-31/h1-27H. The average Bonchev–Trinajstić information content (AvgIpc) is 3.81. The van der Waals surface area contributed by atoms with Crippen LogP contribution >= 0.6 is 11.3 Å². The number of furan rings is 1. The number of hydrogen-bond donors (Lipinski definition) is 0. The van der Waals surface area contributed by atoms with Gasteiger partial charge in [0.25, 0.3) is 0 Å². The first kappa shape index (κ1) is 26.3. The molecule has 2 nitrogen and oxygen atoms in total. The summed E-state index contributed by atoms with van der Waals surface area (Å²) in [6.07, 6.45) is 0. The van der Waals surface area contributed by atoms with Crippen LogP contribution in [-0.4, -0.2) is 4.57 Å². The second-order valence-corrected chi connectivity index (χ2v) is 13.1. The van der Waals surface area contributed by atoms with Gasteiger partial charge in [0.2, 0.25) is 0 Å². The fourth-order valence-corrected chi connectivity index (χ4v) is 8.48. The molecule has 0 unspecified atom stereocenters. The number of rotatable bonds is 4. The molecule has 3 aromatic heterocycles. The van der Waals surface area contributed by atoms with E-state index < -0.39 is 0 Å². The SMILES string of the molecule is c1ccc(-c2ccc3sc4c(-c5ccccc5-c5ccc6oc7c8ccccc8n(-c8ccccc8)c7c6c5)cccc4c3c2)cc1. The number of aromatic nitrogens is 1. The Morgan fingerprint density at radius 1 is 0.447 bits per heavy atom. The molecular weight excluding hydrogens is 591 g/mol. The Morgan fingerprint density at radius 2 is 1.13 bits per heavy atom. The molecule has 0 aliphatic carbocycles. The smallest absolute Gasteiger partial charge is 0.161 e. The first-order valence-corrected chi connectivity index (χ1v) is 16.7. The average molecular weight is 618 g/mol. The zero-order valence-electron chi connectivity index (χ0n) is 25.4. The van der Waals surface area contributed by atoms with E-state index in [9.17, 15) is 0 Å². The van der Waals surface area contributed by atoms with Crippen LogP contribution in [0.2, 0.25) is 0 Å². The van der Waals surface area contributed by atoms with Gasteiger partial charge in [-0.2, -0.15) is 0 Å². The molecular formula is C44H27NOS. The summed E-state index contributed by atoms with van der Waals surface area (Å²) in [5.74, 6) is 0. The Balaban J connectivity index is 1.18. The lowest BCUT2D eigenvalue weighted by Gasteiger charge is -2.12. The molecule has 3 heteroatoms. The van der Waals surface area contributed by atoms with Crippen LogP contribution in [0.15, 0.2) is 168 Å². The van der Waals surface area contributed by atoms with E-state index in [1.807, 2.05) is 11.3 Å². The maximum atomic E-state index is 6.59. The Labute approximate surface area is 275 Å². The van der Waals surface area contributed by atoms with Gasteiger partial charge in [0, 0.05) is 42.2 Å². The summed E-state index contributed by atoms with van der Waals surface area (Å²) < 4.78 is 11.6. The summed E-state index contributed by atoms with van der Waals surface area (Å²) in [7, 11) is 0. The molecule has 0 saturated heterocycles. The van der Waals surface area contributed by atoms with E-state index in [1.165, 1.54) is 53.6 Å². The quantitative estimate of drug-likeness (QED) is 0.192. The zero-order valence-corrected chi connectivity index (χ0v) is 26.2. The van der Waals surface area contributed by atoms with Gasteiger partial charge in [0.15, 0.2) is 5.58 Å². The minimum atomic E-state index is 0.896. The van der Waals surface area contributed by atoms with Crippen molar-refractivity contribution in [3.05, 3.63) is 164 Å². The third-order valence-corrected chi connectivity index (χ3v) is 10.6. The lowest BCUT2D eigenvalue weighted by Crippen LogP contribution is -1.93. The topological polar surface area (TPSA) is 18.1 Å². The maximum absolute atomic E-state index is 6.59. The molecule has 0 amide bonds. The summed E-state index contributed by atoms with van der Waals surface area (Å²) in [4.78, 5) is 0. The first-order chi connectivity index (χ1) is 23.3. The molecule has 0 bridgehead atoms. The van der Waals surface area contributed by atoms with Crippen LogP contribution in [-0.2, 0) is 0 Å². The molecule has 10 rings (SSSR count). The van der Waals surface area contributed by atoms with E-state index in [-0.39, 0.29) is 0 Å². The fourth-order valence-electron chi connectivity index (χ4n) is 7.27. The van der Waals surface area contributed by atoms with Crippen molar-refractivity contribution < 1.29 is 4.42 Å². The number of fused-ring (bicyclic) bond motifs is 8. The van der Waals surface area contributed by atoms with Crippen molar-refractivity contribution in [2.45, 2.75) is 0 Å². The van der Waals surface area contributed by atoms with Crippen LogP contribution in [0.5, 0.6) is 0 Å². The van der Waals surface area contributed by atoms with Crippen molar-refractivity contribution in [3.63, 3.8) is 0 Å². The van der Waals surface area contributed by atoms with E-state index in [4.69, 9.17) is 4.42 Å². The third kappa shape index (κ3) is 4.04. The van der Waals surface area contributed by atoms with Gasteiger partial charge in [-0.05, 0) is 76.3 Å². The van der Waals surface area contributed by atoms with Gasteiger partial charge in [0.1, 0.15) is 11.1 Å². The van der Waals surface area contributed by atoms with Crippen molar-refractivity contribution in [2.24, 2.45) is 0 Å². The van der Waals surface area contributed by atoms with Crippen molar-refractivity contribution in [1.29, 1.82) is 0 Å². The first-order valence-electron chi connectivity index (χ1n) is 15.9. The van der Waals surface area contributed by atoms with E-state index in [2.05, 4.69) is 168 Å². The van der Waals surface area contributed by atoms with Gasteiger partial charge in [-0.3, -0.25) is 0 Å². The van der Waals surface area contributed by atoms with E-state index >= 15 is 0 Å². The molecule has 0 spiro atoms. The third-order valence-electron chi connectivity index (χ3n) is 9.42. The van der Waals surface area contributed by atoms with Gasteiger partial charge in [-0.1, -0.05) is 115 Å². The molecule has 0 atom stereocenters. The van der Waals surface area contributed by atoms with Gasteiger partial charge in [0.05, 0.1) is 5.52 Å². The minimum absolute atomic E-state index is 0.896. The zero-order chi connectivity index (χ0) is 30.9. The summed E-state index contributed by atoms with van der Waals surface area (Å²) in [5.41, 5.74) is 12.6. The van der Waals surface area contributed by atoms with Crippen LogP contribution in [0.4, 0.5) is 0 Å². The number of nitrogens with zero attached hydrogens (tertiary/aromatic N) is 1. The minimum Gasteiger partial charge on any atom is -0.454 e. The molecule has 0 aliphatic rings. The molecule has 7 aromatic carbocycles. The van der Waals surface area contributed by atoms with E-state index in [0.29, 0.717) is 0 Å². The molecule has 10 aromatic rings. The highest BCUT2D eigenvalue weighted by Gasteiger charge is 2.21. The van der Waals surface area contributed by atoms with Crippen LogP contribution in [0.1, 0.15) is 0 Å². The Bertz CT molecular complexity index is 2780.